The van der Waals surface area contributed by atoms with Gasteiger partial charge < -0.3 is 9.84 Å². The Morgan fingerprint density at radius 1 is 1.18 bits per heavy atom. The Morgan fingerprint density at radius 2 is 2.00 bits per heavy atom. The molecule has 0 amide bonds. The van der Waals surface area contributed by atoms with Gasteiger partial charge in [-0.15, -0.1) is 0 Å². The highest BCUT2D eigenvalue weighted by Crippen LogP contribution is 2.05. The highest BCUT2D eigenvalue weighted by atomic mass is 32.2. The van der Waals surface area contributed by atoms with Gasteiger partial charge in [0.15, 0.2) is 0 Å². The molecule has 2 nitrogen and oxygen atoms in total. The minimum atomic E-state index is 0.336. The molecule has 0 bridgehead atoms. The zero-order valence-electron chi connectivity index (χ0n) is 7.21. The Hall–Kier alpha value is 0.270. The van der Waals surface area contributed by atoms with E-state index in [1.54, 1.807) is 7.11 Å². The molecule has 0 spiro atoms. The first-order chi connectivity index (χ1) is 5.41. The van der Waals surface area contributed by atoms with Crippen molar-refractivity contribution in [3.05, 3.63) is 0 Å². The van der Waals surface area contributed by atoms with Gasteiger partial charge in [0.25, 0.3) is 0 Å². The number of hydrogen-bond acceptors (Lipinski definition) is 3. The molecule has 0 rings (SSSR count). The molecule has 0 aromatic carbocycles. The van der Waals surface area contributed by atoms with E-state index in [1.165, 1.54) is 12.2 Å². The van der Waals surface area contributed by atoms with Crippen LogP contribution in [-0.2, 0) is 4.74 Å². The molecule has 0 fully saturated rings. The third-order valence-electron chi connectivity index (χ3n) is 1.38. The molecule has 0 atom stereocenters. The van der Waals surface area contributed by atoms with Crippen LogP contribution in [0.2, 0.25) is 0 Å². The van der Waals surface area contributed by atoms with Gasteiger partial charge in [0.2, 0.25) is 0 Å². The van der Waals surface area contributed by atoms with E-state index in [0.717, 1.165) is 25.2 Å². The highest BCUT2D eigenvalue weighted by Gasteiger charge is 1.89. The maximum Gasteiger partial charge on any atom is 0.0552 e. The van der Waals surface area contributed by atoms with Crippen molar-refractivity contribution in [1.82, 2.24) is 0 Å². The van der Waals surface area contributed by atoms with Crippen LogP contribution in [-0.4, -0.2) is 36.9 Å². The zero-order chi connectivity index (χ0) is 8.36. The third-order valence-corrected chi connectivity index (χ3v) is 2.41. The van der Waals surface area contributed by atoms with Crippen molar-refractivity contribution in [1.29, 1.82) is 0 Å². The number of rotatable bonds is 8. The summed E-state index contributed by atoms with van der Waals surface area (Å²) in [7, 11) is 1.73. The summed E-state index contributed by atoms with van der Waals surface area (Å²) >= 11 is 1.92. The van der Waals surface area contributed by atoms with Gasteiger partial charge in [0, 0.05) is 19.5 Å². The van der Waals surface area contributed by atoms with Crippen LogP contribution in [0, 0.1) is 0 Å². The van der Waals surface area contributed by atoms with Crippen LogP contribution in [0.4, 0.5) is 0 Å². The predicted octanol–water partition coefficient (Wildman–Crippen LogP) is 1.53. The fraction of sp³-hybridized carbons (Fsp3) is 1.00. The van der Waals surface area contributed by atoms with Crippen LogP contribution < -0.4 is 0 Å². The number of hydrogen-bond donors (Lipinski definition) is 1. The molecule has 0 saturated heterocycles. The van der Waals surface area contributed by atoms with Crippen molar-refractivity contribution < 1.29 is 9.84 Å². The molecule has 3 heteroatoms. The van der Waals surface area contributed by atoms with E-state index in [9.17, 15) is 0 Å². The van der Waals surface area contributed by atoms with Crippen molar-refractivity contribution in [3.8, 4) is 0 Å². The Labute approximate surface area is 73.3 Å². The molecule has 0 aliphatic heterocycles. The molecule has 68 valence electrons. The second-order valence-electron chi connectivity index (χ2n) is 2.39. The van der Waals surface area contributed by atoms with Crippen LogP contribution in [0.15, 0.2) is 0 Å². The Morgan fingerprint density at radius 3 is 2.64 bits per heavy atom. The number of aliphatic hydroxyl groups excluding tert-OH is 1. The van der Waals surface area contributed by atoms with Crippen LogP contribution >= 0.6 is 11.8 Å². The molecule has 0 radical (unpaired) electrons. The van der Waals surface area contributed by atoms with Crippen molar-refractivity contribution in [2.24, 2.45) is 0 Å². The smallest absolute Gasteiger partial charge is 0.0552 e. The number of ether oxygens (including phenoxy) is 1. The van der Waals surface area contributed by atoms with Gasteiger partial charge >= 0.3 is 0 Å². The normalized spacial score (nSPS) is 10.4. The summed E-state index contributed by atoms with van der Waals surface area (Å²) < 4.78 is 4.91. The highest BCUT2D eigenvalue weighted by molar-refractivity contribution is 7.99. The standard InChI is InChI=1S/C8H18O2S/c1-10-6-8-11-7-4-2-3-5-9/h9H,2-8H2,1H3. The quantitative estimate of drug-likeness (QED) is 0.572. The lowest BCUT2D eigenvalue weighted by Crippen LogP contribution is -1.93. The van der Waals surface area contributed by atoms with E-state index < -0.39 is 0 Å². The summed E-state index contributed by atoms with van der Waals surface area (Å²) in [5.74, 6) is 2.29. The number of unbranched alkanes of at least 4 members (excludes halogenated alkanes) is 2. The van der Waals surface area contributed by atoms with Gasteiger partial charge in [-0.2, -0.15) is 11.8 Å². The average Bonchev–Trinajstić information content (AvgIpc) is 2.03. The fourth-order valence-electron chi connectivity index (χ4n) is 0.737. The summed E-state index contributed by atoms with van der Waals surface area (Å²) in [6.45, 7) is 1.19. The lowest BCUT2D eigenvalue weighted by Gasteiger charge is -1.99. The van der Waals surface area contributed by atoms with Gasteiger partial charge in [-0.05, 0) is 18.6 Å². The first-order valence-electron chi connectivity index (χ1n) is 4.09. The van der Waals surface area contributed by atoms with E-state index in [1.807, 2.05) is 11.8 Å². The Balaban J connectivity index is 2.69. The maximum atomic E-state index is 8.48. The molecule has 0 aliphatic carbocycles. The SMILES string of the molecule is COCCSCCCCCO. The second-order valence-corrected chi connectivity index (χ2v) is 3.61. The maximum absolute atomic E-state index is 8.48. The molecule has 11 heavy (non-hydrogen) atoms. The van der Waals surface area contributed by atoms with Gasteiger partial charge in [0.05, 0.1) is 6.61 Å². The van der Waals surface area contributed by atoms with Gasteiger partial charge in [-0.1, -0.05) is 6.42 Å². The summed E-state index contributed by atoms with van der Waals surface area (Å²) in [6.07, 6.45) is 3.32. The van der Waals surface area contributed by atoms with Gasteiger partial charge in [-0.25, -0.2) is 0 Å². The summed E-state index contributed by atoms with van der Waals surface area (Å²) in [5, 5.41) is 8.48. The monoisotopic (exact) mass is 178 g/mol. The van der Waals surface area contributed by atoms with Gasteiger partial charge in [-0.3, -0.25) is 0 Å². The van der Waals surface area contributed by atoms with E-state index in [-0.39, 0.29) is 0 Å². The van der Waals surface area contributed by atoms with E-state index in [4.69, 9.17) is 9.84 Å². The molecule has 0 heterocycles. The van der Waals surface area contributed by atoms with Crippen LogP contribution in [0.1, 0.15) is 19.3 Å². The number of methoxy groups -OCH3 is 1. The van der Waals surface area contributed by atoms with Crippen molar-refractivity contribution >= 4 is 11.8 Å². The van der Waals surface area contributed by atoms with Crippen molar-refractivity contribution in [3.63, 3.8) is 0 Å². The van der Waals surface area contributed by atoms with Crippen molar-refractivity contribution in [2.75, 3.05) is 31.8 Å². The molecular weight excluding hydrogens is 160 g/mol. The van der Waals surface area contributed by atoms with Crippen LogP contribution in [0.5, 0.6) is 0 Å². The molecule has 0 saturated carbocycles. The Kier molecular flexibility index (Phi) is 10.5. The minimum Gasteiger partial charge on any atom is -0.396 e. The van der Waals surface area contributed by atoms with Crippen molar-refractivity contribution in [2.45, 2.75) is 19.3 Å². The summed E-state index contributed by atoms with van der Waals surface area (Å²) in [4.78, 5) is 0. The first kappa shape index (κ1) is 11.3. The lowest BCUT2D eigenvalue weighted by molar-refractivity contribution is 0.218. The topological polar surface area (TPSA) is 29.5 Å². The number of thioether (sulfide) groups is 1. The molecule has 0 aliphatic rings. The number of aliphatic hydroxyl groups is 1. The average molecular weight is 178 g/mol. The summed E-state index contributed by atoms with van der Waals surface area (Å²) in [5.41, 5.74) is 0. The van der Waals surface area contributed by atoms with E-state index >= 15 is 0 Å². The van der Waals surface area contributed by atoms with E-state index in [2.05, 4.69) is 0 Å². The predicted molar refractivity (Wildman–Crippen MR) is 50.1 cm³/mol. The minimum absolute atomic E-state index is 0.336. The third kappa shape index (κ3) is 10.3. The van der Waals surface area contributed by atoms with E-state index in [0.29, 0.717) is 6.61 Å². The Bertz CT molecular complexity index is 61.1. The van der Waals surface area contributed by atoms with Crippen LogP contribution in [0.3, 0.4) is 0 Å². The molecular formula is C8H18O2S. The largest absolute Gasteiger partial charge is 0.396 e. The lowest BCUT2D eigenvalue weighted by atomic mass is 10.3. The molecule has 1 N–H and O–H groups in total. The molecule has 0 aromatic rings. The fourth-order valence-corrected chi connectivity index (χ4v) is 1.63. The molecule has 0 unspecified atom stereocenters. The zero-order valence-corrected chi connectivity index (χ0v) is 8.03. The summed E-state index contributed by atoms with van der Waals surface area (Å²) in [6, 6.07) is 0. The van der Waals surface area contributed by atoms with Gasteiger partial charge in [0.1, 0.15) is 0 Å². The first-order valence-corrected chi connectivity index (χ1v) is 5.25. The van der Waals surface area contributed by atoms with Crippen LogP contribution in [0.25, 0.3) is 0 Å². The second kappa shape index (κ2) is 10.3. The molecule has 0 aromatic heterocycles.